The maximum Gasteiger partial charge on any atom is 0.0543 e. The highest BCUT2D eigenvalue weighted by molar-refractivity contribution is 5.98. The van der Waals surface area contributed by atoms with Gasteiger partial charge in [-0.3, -0.25) is 0 Å². The standard InChI is InChI=1S/C55H41N/c1-55(2)51-25-9-8-23-50(51)54-52(55)26-13-27-53(54)56(46-20-10-18-44(36-46)40-30-28-39(29-31-40)38-14-4-3-5-15-38)47-21-11-19-45(37-47)41-32-34-43(35-33-41)49-24-12-17-42-16-6-7-22-48(42)49/h3-37H,1-2H3. The average Bonchev–Trinajstić information content (AvgIpc) is 3.50. The van der Waals surface area contributed by atoms with Crippen molar-refractivity contribution in [2.24, 2.45) is 0 Å². The summed E-state index contributed by atoms with van der Waals surface area (Å²) in [6.45, 7) is 4.71. The first-order valence-electron chi connectivity index (χ1n) is 19.5. The van der Waals surface area contributed by atoms with E-state index in [1.165, 1.54) is 83.2 Å². The van der Waals surface area contributed by atoms with E-state index in [4.69, 9.17) is 0 Å². The van der Waals surface area contributed by atoms with Crippen LogP contribution in [0, 0.1) is 0 Å². The van der Waals surface area contributed by atoms with Crippen LogP contribution in [0.15, 0.2) is 212 Å². The monoisotopic (exact) mass is 715 g/mol. The van der Waals surface area contributed by atoms with E-state index in [0.29, 0.717) is 0 Å². The van der Waals surface area contributed by atoms with Crippen molar-refractivity contribution in [1.82, 2.24) is 0 Å². The number of anilines is 3. The van der Waals surface area contributed by atoms with E-state index >= 15 is 0 Å². The Kier molecular flexibility index (Phi) is 8.23. The molecule has 0 aromatic heterocycles. The second kappa shape index (κ2) is 13.7. The first-order valence-corrected chi connectivity index (χ1v) is 19.5. The van der Waals surface area contributed by atoms with Crippen LogP contribution in [0.1, 0.15) is 25.0 Å². The van der Waals surface area contributed by atoms with Crippen LogP contribution in [0.4, 0.5) is 17.1 Å². The molecule has 1 heteroatoms. The minimum Gasteiger partial charge on any atom is -0.310 e. The molecular formula is C55H41N. The van der Waals surface area contributed by atoms with Gasteiger partial charge in [0.1, 0.15) is 0 Å². The third-order valence-corrected chi connectivity index (χ3v) is 11.7. The maximum absolute atomic E-state index is 2.47. The largest absolute Gasteiger partial charge is 0.310 e. The van der Waals surface area contributed by atoms with Crippen LogP contribution in [-0.2, 0) is 5.41 Å². The molecular weight excluding hydrogens is 675 g/mol. The fourth-order valence-electron chi connectivity index (χ4n) is 8.80. The number of benzene rings is 9. The SMILES string of the molecule is CC1(C)c2ccccc2-c2c(N(c3cccc(-c4ccc(-c5ccccc5)cc4)c3)c3cccc(-c4ccc(-c5cccc6ccccc56)cc4)c3)cccc21. The molecule has 266 valence electrons. The summed E-state index contributed by atoms with van der Waals surface area (Å²) in [6.07, 6.45) is 0. The number of fused-ring (bicyclic) bond motifs is 4. The van der Waals surface area contributed by atoms with Gasteiger partial charge in [-0.15, -0.1) is 0 Å². The number of rotatable bonds is 7. The summed E-state index contributed by atoms with van der Waals surface area (Å²) < 4.78 is 0. The zero-order valence-electron chi connectivity index (χ0n) is 31.7. The van der Waals surface area contributed by atoms with Gasteiger partial charge in [-0.05, 0) is 102 Å². The first kappa shape index (κ1) is 33.6. The predicted octanol–water partition coefficient (Wildman–Crippen LogP) is 15.3. The van der Waals surface area contributed by atoms with Crippen molar-refractivity contribution < 1.29 is 0 Å². The van der Waals surface area contributed by atoms with E-state index in [0.717, 1.165) is 11.4 Å². The molecule has 0 fully saturated rings. The van der Waals surface area contributed by atoms with Crippen LogP contribution < -0.4 is 4.90 Å². The molecule has 1 aliphatic carbocycles. The van der Waals surface area contributed by atoms with Crippen LogP contribution in [-0.4, -0.2) is 0 Å². The Bertz CT molecular complexity index is 2860. The summed E-state index contributed by atoms with van der Waals surface area (Å²) >= 11 is 0. The summed E-state index contributed by atoms with van der Waals surface area (Å²) in [5.41, 5.74) is 18.3. The second-order valence-corrected chi connectivity index (χ2v) is 15.4. The molecule has 0 atom stereocenters. The Balaban J connectivity index is 1.09. The van der Waals surface area contributed by atoms with Crippen LogP contribution >= 0.6 is 0 Å². The average molecular weight is 716 g/mol. The molecule has 1 aliphatic rings. The van der Waals surface area contributed by atoms with E-state index in [1.807, 2.05) is 0 Å². The Morgan fingerprint density at radius 1 is 0.339 bits per heavy atom. The first-order chi connectivity index (χ1) is 27.5. The number of hydrogen-bond acceptors (Lipinski definition) is 1. The third kappa shape index (κ3) is 5.81. The maximum atomic E-state index is 2.47. The van der Waals surface area contributed by atoms with Crippen molar-refractivity contribution in [3.8, 4) is 55.6 Å². The van der Waals surface area contributed by atoms with Crippen molar-refractivity contribution in [3.05, 3.63) is 223 Å². The highest BCUT2D eigenvalue weighted by Gasteiger charge is 2.37. The summed E-state index contributed by atoms with van der Waals surface area (Å²) in [7, 11) is 0. The van der Waals surface area contributed by atoms with E-state index in [9.17, 15) is 0 Å². The minimum atomic E-state index is -0.108. The molecule has 0 N–H and O–H groups in total. The highest BCUT2D eigenvalue weighted by atomic mass is 15.1. The summed E-state index contributed by atoms with van der Waals surface area (Å²) in [4.78, 5) is 2.47. The van der Waals surface area contributed by atoms with E-state index in [2.05, 4.69) is 231 Å². The lowest BCUT2D eigenvalue weighted by molar-refractivity contribution is 0.660. The zero-order chi connectivity index (χ0) is 37.6. The van der Waals surface area contributed by atoms with Gasteiger partial charge in [-0.25, -0.2) is 0 Å². The fourth-order valence-corrected chi connectivity index (χ4v) is 8.80. The molecule has 0 aliphatic heterocycles. The molecule has 9 aromatic carbocycles. The van der Waals surface area contributed by atoms with Crippen LogP contribution in [0.3, 0.4) is 0 Å². The van der Waals surface area contributed by atoms with Crippen molar-refractivity contribution in [1.29, 1.82) is 0 Å². The van der Waals surface area contributed by atoms with Gasteiger partial charge in [-0.1, -0.05) is 196 Å². The molecule has 0 amide bonds. The Morgan fingerprint density at radius 2 is 0.804 bits per heavy atom. The molecule has 9 aromatic rings. The predicted molar refractivity (Wildman–Crippen MR) is 238 cm³/mol. The van der Waals surface area contributed by atoms with Gasteiger partial charge in [-0.2, -0.15) is 0 Å². The zero-order valence-corrected chi connectivity index (χ0v) is 31.7. The van der Waals surface area contributed by atoms with Crippen LogP contribution in [0.25, 0.3) is 66.4 Å². The van der Waals surface area contributed by atoms with E-state index in [-0.39, 0.29) is 5.41 Å². The Hall–Kier alpha value is -6.96. The van der Waals surface area contributed by atoms with Crippen LogP contribution in [0.5, 0.6) is 0 Å². The van der Waals surface area contributed by atoms with Crippen molar-refractivity contribution >= 4 is 27.8 Å². The topological polar surface area (TPSA) is 3.24 Å². The van der Waals surface area contributed by atoms with Crippen molar-refractivity contribution in [3.63, 3.8) is 0 Å². The fraction of sp³-hybridized carbons (Fsp3) is 0.0545. The normalized spacial score (nSPS) is 12.6. The molecule has 0 saturated heterocycles. The molecule has 0 bridgehead atoms. The number of hydrogen-bond donors (Lipinski definition) is 0. The van der Waals surface area contributed by atoms with Gasteiger partial charge in [0.05, 0.1) is 5.69 Å². The summed E-state index contributed by atoms with van der Waals surface area (Å²) in [5.74, 6) is 0. The summed E-state index contributed by atoms with van der Waals surface area (Å²) in [5, 5.41) is 2.53. The molecule has 0 radical (unpaired) electrons. The molecule has 10 rings (SSSR count). The molecule has 0 heterocycles. The van der Waals surface area contributed by atoms with Gasteiger partial charge < -0.3 is 4.90 Å². The Labute approximate surface area is 329 Å². The van der Waals surface area contributed by atoms with Crippen molar-refractivity contribution in [2.75, 3.05) is 4.90 Å². The van der Waals surface area contributed by atoms with Gasteiger partial charge >= 0.3 is 0 Å². The van der Waals surface area contributed by atoms with Gasteiger partial charge in [0.25, 0.3) is 0 Å². The molecule has 0 unspecified atom stereocenters. The molecule has 0 spiro atoms. The lowest BCUT2D eigenvalue weighted by atomic mass is 9.82. The smallest absolute Gasteiger partial charge is 0.0543 e. The van der Waals surface area contributed by atoms with E-state index in [1.54, 1.807) is 0 Å². The molecule has 56 heavy (non-hydrogen) atoms. The second-order valence-electron chi connectivity index (χ2n) is 15.4. The third-order valence-electron chi connectivity index (χ3n) is 11.7. The van der Waals surface area contributed by atoms with Gasteiger partial charge in [0, 0.05) is 22.4 Å². The molecule has 1 nitrogen and oxygen atoms in total. The van der Waals surface area contributed by atoms with E-state index < -0.39 is 0 Å². The van der Waals surface area contributed by atoms with Crippen LogP contribution in [0.2, 0.25) is 0 Å². The summed E-state index contributed by atoms with van der Waals surface area (Å²) in [6, 6.07) is 77.6. The van der Waals surface area contributed by atoms with Gasteiger partial charge in [0.15, 0.2) is 0 Å². The minimum absolute atomic E-state index is 0.108. The lowest BCUT2D eigenvalue weighted by Gasteiger charge is -2.29. The quantitative estimate of drug-likeness (QED) is 0.159. The lowest BCUT2D eigenvalue weighted by Crippen LogP contribution is -2.16. The number of nitrogens with zero attached hydrogens (tertiary/aromatic N) is 1. The van der Waals surface area contributed by atoms with Gasteiger partial charge in [0.2, 0.25) is 0 Å². The highest BCUT2D eigenvalue weighted by Crippen LogP contribution is 2.54. The van der Waals surface area contributed by atoms with Crippen molar-refractivity contribution in [2.45, 2.75) is 19.3 Å². The molecule has 0 saturated carbocycles. The Morgan fingerprint density at radius 3 is 1.50 bits per heavy atom.